The molecule has 0 aromatic rings. The third-order valence-electron chi connectivity index (χ3n) is 2.90. The zero-order valence-corrected chi connectivity index (χ0v) is 14.3. The first-order valence-corrected chi connectivity index (χ1v) is 7.64. The third kappa shape index (κ3) is 10.9. The summed E-state index contributed by atoms with van der Waals surface area (Å²) in [7, 11) is 3.72. The molecule has 0 aromatic carbocycles. The fourth-order valence-electron chi connectivity index (χ4n) is 1.93. The Morgan fingerprint density at radius 2 is 1.95 bits per heavy atom. The summed E-state index contributed by atoms with van der Waals surface area (Å²) in [5, 5.41) is 6.01. The Morgan fingerprint density at radius 3 is 2.48 bits per heavy atom. The van der Waals surface area contributed by atoms with Crippen LogP contribution in [0.25, 0.3) is 0 Å². The average molecular weight is 296 g/mol. The number of nitrogens with zero attached hydrogens (tertiary/aromatic N) is 2. The van der Waals surface area contributed by atoms with Crippen molar-refractivity contribution in [2.75, 3.05) is 27.2 Å². The van der Waals surface area contributed by atoms with Crippen LogP contribution < -0.4 is 10.6 Å². The number of rotatable bonds is 8. The Kier molecular flexibility index (Phi) is 9.50. The number of hydrogen-bond acceptors (Lipinski definition) is 2. The van der Waals surface area contributed by atoms with E-state index in [4.69, 9.17) is 0 Å². The van der Waals surface area contributed by atoms with Gasteiger partial charge in [0.15, 0.2) is 5.96 Å². The van der Waals surface area contributed by atoms with Gasteiger partial charge in [-0.1, -0.05) is 12.5 Å². The first-order valence-electron chi connectivity index (χ1n) is 7.64. The van der Waals surface area contributed by atoms with Gasteiger partial charge in [-0.15, -0.1) is 6.58 Å². The van der Waals surface area contributed by atoms with Crippen LogP contribution in [-0.4, -0.2) is 49.5 Å². The van der Waals surface area contributed by atoms with E-state index in [1.165, 1.54) is 12.8 Å². The van der Waals surface area contributed by atoms with Crippen LogP contribution in [-0.2, 0) is 4.79 Å². The molecular weight excluding hydrogens is 264 g/mol. The lowest BCUT2D eigenvalue weighted by Gasteiger charge is -2.24. The van der Waals surface area contributed by atoms with Crippen molar-refractivity contribution in [2.24, 2.45) is 4.99 Å². The summed E-state index contributed by atoms with van der Waals surface area (Å²) in [6, 6.07) is 0. The number of nitrogens with one attached hydrogen (secondary N) is 2. The second kappa shape index (κ2) is 10.2. The summed E-state index contributed by atoms with van der Waals surface area (Å²) in [4.78, 5) is 18.0. The Bertz CT molecular complexity index is 345. The van der Waals surface area contributed by atoms with Gasteiger partial charge in [0, 0.05) is 26.2 Å². The number of hydrogen-bond donors (Lipinski definition) is 2. The molecule has 0 unspecified atom stereocenters. The standard InChI is InChI=1S/C16H32N4O/c1-7-8-9-10-11-12-20(6)15(17-5)18-13-14(21)19-16(2,3)4/h7H,1,8-13H2,2-6H3,(H,17,18)(H,19,21). The van der Waals surface area contributed by atoms with Gasteiger partial charge in [-0.05, 0) is 40.0 Å². The van der Waals surface area contributed by atoms with Gasteiger partial charge in [-0.25, -0.2) is 0 Å². The van der Waals surface area contributed by atoms with Crippen molar-refractivity contribution in [2.45, 2.75) is 52.0 Å². The quantitative estimate of drug-likeness (QED) is 0.312. The van der Waals surface area contributed by atoms with Crippen LogP contribution in [0.3, 0.4) is 0 Å². The number of allylic oxidation sites excluding steroid dienone is 1. The van der Waals surface area contributed by atoms with Crippen molar-refractivity contribution >= 4 is 11.9 Å². The van der Waals surface area contributed by atoms with E-state index >= 15 is 0 Å². The topological polar surface area (TPSA) is 56.7 Å². The van der Waals surface area contributed by atoms with E-state index in [2.05, 4.69) is 27.1 Å². The summed E-state index contributed by atoms with van der Waals surface area (Å²) in [6.45, 7) is 10.8. The van der Waals surface area contributed by atoms with E-state index in [0.717, 1.165) is 25.3 Å². The minimum Gasteiger partial charge on any atom is -0.350 e. The van der Waals surface area contributed by atoms with E-state index in [1.54, 1.807) is 7.05 Å². The first-order chi connectivity index (χ1) is 9.80. The fraction of sp³-hybridized carbons (Fsp3) is 0.750. The number of aliphatic imine (C=N–C) groups is 1. The lowest BCUT2D eigenvalue weighted by molar-refractivity contribution is -0.121. The summed E-state index contributed by atoms with van der Waals surface area (Å²) in [5.74, 6) is 0.728. The summed E-state index contributed by atoms with van der Waals surface area (Å²) in [6.07, 6.45) is 6.50. The molecule has 0 bridgehead atoms. The Labute approximate surface area is 129 Å². The number of carbonyl (C=O) groups excluding carboxylic acids is 1. The normalized spacial score (nSPS) is 12.0. The molecule has 0 fully saturated rings. The second-order valence-electron chi connectivity index (χ2n) is 6.26. The fourth-order valence-corrected chi connectivity index (χ4v) is 1.93. The van der Waals surface area contributed by atoms with Crippen molar-refractivity contribution in [1.29, 1.82) is 0 Å². The molecule has 5 nitrogen and oxygen atoms in total. The highest BCUT2D eigenvalue weighted by Gasteiger charge is 2.14. The van der Waals surface area contributed by atoms with Crippen molar-refractivity contribution in [1.82, 2.24) is 15.5 Å². The van der Waals surface area contributed by atoms with Crippen LogP contribution in [0, 0.1) is 0 Å². The number of carbonyl (C=O) groups is 1. The van der Waals surface area contributed by atoms with Gasteiger partial charge < -0.3 is 15.5 Å². The van der Waals surface area contributed by atoms with E-state index in [-0.39, 0.29) is 18.0 Å². The minimum atomic E-state index is -0.209. The van der Waals surface area contributed by atoms with Crippen molar-refractivity contribution in [3.8, 4) is 0 Å². The summed E-state index contributed by atoms with van der Waals surface area (Å²) in [5.41, 5.74) is -0.209. The van der Waals surface area contributed by atoms with Gasteiger partial charge in [-0.3, -0.25) is 9.79 Å². The molecule has 0 radical (unpaired) electrons. The Morgan fingerprint density at radius 1 is 1.29 bits per heavy atom. The highest BCUT2D eigenvalue weighted by Crippen LogP contribution is 2.01. The molecule has 0 aromatic heterocycles. The predicted octanol–water partition coefficient (Wildman–Crippen LogP) is 2.15. The number of unbranched alkanes of at least 4 members (excludes halogenated alkanes) is 3. The molecule has 122 valence electrons. The molecule has 0 spiro atoms. The lowest BCUT2D eigenvalue weighted by atomic mass is 10.1. The molecular formula is C16H32N4O. The molecule has 2 N–H and O–H groups in total. The molecule has 0 heterocycles. The lowest BCUT2D eigenvalue weighted by Crippen LogP contribution is -2.48. The highest BCUT2D eigenvalue weighted by molar-refractivity contribution is 5.86. The highest BCUT2D eigenvalue weighted by atomic mass is 16.2. The van der Waals surface area contributed by atoms with Gasteiger partial charge in [0.25, 0.3) is 0 Å². The summed E-state index contributed by atoms with van der Waals surface area (Å²) >= 11 is 0. The van der Waals surface area contributed by atoms with Crippen LogP contribution in [0.15, 0.2) is 17.6 Å². The maximum absolute atomic E-state index is 11.8. The van der Waals surface area contributed by atoms with Gasteiger partial charge in [0.2, 0.25) is 5.91 Å². The summed E-state index contributed by atoms with van der Waals surface area (Å²) < 4.78 is 0. The van der Waals surface area contributed by atoms with Crippen LogP contribution in [0.4, 0.5) is 0 Å². The number of amides is 1. The maximum atomic E-state index is 11.8. The maximum Gasteiger partial charge on any atom is 0.239 e. The predicted molar refractivity (Wildman–Crippen MR) is 90.6 cm³/mol. The van der Waals surface area contributed by atoms with Crippen molar-refractivity contribution < 1.29 is 4.79 Å². The van der Waals surface area contributed by atoms with Crippen LogP contribution >= 0.6 is 0 Å². The van der Waals surface area contributed by atoms with Gasteiger partial charge in [-0.2, -0.15) is 0 Å². The number of guanidine groups is 1. The molecule has 0 aliphatic heterocycles. The van der Waals surface area contributed by atoms with Gasteiger partial charge in [0.1, 0.15) is 0 Å². The van der Waals surface area contributed by atoms with E-state index in [9.17, 15) is 4.79 Å². The van der Waals surface area contributed by atoms with Crippen LogP contribution in [0.5, 0.6) is 0 Å². The van der Waals surface area contributed by atoms with Crippen LogP contribution in [0.1, 0.15) is 46.5 Å². The van der Waals surface area contributed by atoms with Gasteiger partial charge >= 0.3 is 0 Å². The molecule has 0 atom stereocenters. The Hall–Kier alpha value is -1.52. The molecule has 21 heavy (non-hydrogen) atoms. The average Bonchev–Trinajstić information content (AvgIpc) is 2.37. The molecule has 1 amide bonds. The minimum absolute atomic E-state index is 0.0250. The Balaban J connectivity index is 4.03. The third-order valence-corrected chi connectivity index (χ3v) is 2.90. The monoisotopic (exact) mass is 296 g/mol. The molecule has 0 aliphatic rings. The first kappa shape index (κ1) is 19.5. The molecule has 0 saturated heterocycles. The van der Waals surface area contributed by atoms with Crippen molar-refractivity contribution in [3.05, 3.63) is 12.7 Å². The second-order valence-corrected chi connectivity index (χ2v) is 6.26. The largest absolute Gasteiger partial charge is 0.350 e. The molecule has 0 rings (SSSR count). The van der Waals surface area contributed by atoms with Crippen LogP contribution in [0.2, 0.25) is 0 Å². The SMILES string of the molecule is C=CCCCCCN(C)C(=NC)NCC(=O)NC(C)(C)C. The smallest absolute Gasteiger partial charge is 0.239 e. The van der Waals surface area contributed by atoms with E-state index in [0.29, 0.717) is 0 Å². The van der Waals surface area contributed by atoms with Crippen molar-refractivity contribution in [3.63, 3.8) is 0 Å². The van der Waals surface area contributed by atoms with Gasteiger partial charge in [0.05, 0.1) is 6.54 Å². The van der Waals surface area contributed by atoms with E-state index < -0.39 is 0 Å². The molecule has 0 saturated carbocycles. The zero-order valence-electron chi connectivity index (χ0n) is 14.3. The molecule has 0 aliphatic carbocycles. The zero-order chi connectivity index (χ0) is 16.3. The molecule has 5 heteroatoms. The van der Waals surface area contributed by atoms with E-state index in [1.807, 2.05) is 33.9 Å².